The first-order valence-corrected chi connectivity index (χ1v) is 7.85. The Morgan fingerprint density at radius 1 is 1.14 bits per heavy atom. The SMILES string of the molecule is CCCOc1ccc(OCCC)c(C=CC(=O)OC(C)C)c1. The second kappa shape index (κ2) is 9.87. The third-order valence-electron chi connectivity index (χ3n) is 2.67. The summed E-state index contributed by atoms with van der Waals surface area (Å²) in [5, 5.41) is 0. The van der Waals surface area contributed by atoms with E-state index >= 15 is 0 Å². The molecule has 22 heavy (non-hydrogen) atoms. The minimum atomic E-state index is -0.365. The number of carbonyl (C=O) groups excluding carboxylic acids is 1. The third-order valence-corrected chi connectivity index (χ3v) is 2.67. The summed E-state index contributed by atoms with van der Waals surface area (Å²) < 4.78 is 16.4. The molecule has 0 unspecified atom stereocenters. The summed E-state index contributed by atoms with van der Waals surface area (Å²) in [6, 6.07) is 5.62. The molecule has 0 heterocycles. The zero-order valence-corrected chi connectivity index (χ0v) is 13.9. The largest absolute Gasteiger partial charge is 0.494 e. The molecule has 0 N–H and O–H groups in total. The van der Waals surface area contributed by atoms with Crippen molar-refractivity contribution in [3.8, 4) is 11.5 Å². The predicted octanol–water partition coefficient (Wildman–Crippen LogP) is 4.23. The van der Waals surface area contributed by atoms with Crippen molar-refractivity contribution in [2.45, 2.75) is 46.6 Å². The molecular formula is C18H26O4. The summed E-state index contributed by atoms with van der Waals surface area (Å²) >= 11 is 0. The summed E-state index contributed by atoms with van der Waals surface area (Å²) in [6.07, 6.45) is 4.85. The Hall–Kier alpha value is -1.97. The van der Waals surface area contributed by atoms with Crippen LogP contribution in [0.1, 0.15) is 46.1 Å². The molecule has 0 fully saturated rings. The number of hydrogen-bond donors (Lipinski definition) is 0. The lowest BCUT2D eigenvalue weighted by Gasteiger charge is -2.11. The number of esters is 1. The molecule has 0 spiro atoms. The van der Waals surface area contributed by atoms with E-state index in [9.17, 15) is 4.79 Å². The maximum atomic E-state index is 11.6. The molecule has 1 rings (SSSR count). The first-order chi connectivity index (χ1) is 10.6. The van der Waals surface area contributed by atoms with Crippen molar-refractivity contribution < 1.29 is 19.0 Å². The standard InChI is InChI=1S/C18H26O4/c1-5-11-20-16-8-9-17(21-12-6-2)15(13-16)7-10-18(19)22-14(3)4/h7-10,13-14H,5-6,11-12H2,1-4H3. The van der Waals surface area contributed by atoms with Crippen molar-refractivity contribution in [2.24, 2.45) is 0 Å². The number of carbonyl (C=O) groups is 1. The number of hydrogen-bond acceptors (Lipinski definition) is 4. The number of rotatable bonds is 9. The van der Waals surface area contributed by atoms with Crippen molar-refractivity contribution in [3.05, 3.63) is 29.8 Å². The highest BCUT2D eigenvalue weighted by molar-refractivity contribution is 5.87. The van der Waals surface area contributed by atoms with Gasteiger partial charge in [0.25, 0.3) is 0 Å². The third kappa shape index (κ3) is 6.66. The minimum Gasteiger partial charge on any atom is -0.494 e. The topological polar surface area (TPSA) is 44.8 Å². The molecule has 0 aliphatic carbocycles. The van der Waals surface area contributed by atoms with Crippen LogP contribution < -0.4 is 9.47 Å². The van der Waals surface area contributed by atoms with Crippen LogP contribution in [-0.4, -0.2) is 25.3 Å². The van der Waals surface area contributed by atoms with Gasteiger partial charge in [0, 0.05) is 11.6 Å². The molecule has 0 bridgehead atoms. The molecule has 1 aromatic rings. The molecule has 4 heteroatoms. The second-order valence-corrected chi connectivity index (χ2v) is 5.22. The van der Waals surface area contributed by atoms with E-state index in [0.29, 0.717) is 13.2 Å². The van der Waals surface area contributed by atoms with Crippen LogP contribution in [-0.2, 0) is 9.53 Å². The van der Waals surface area contributed by atoms with Gasteiger partial charge in [-0.1, -0.05) is 13.8 Å². The van der Waals surface area contributed by atoms with Crippen LogP contribution >= 0.6 is 0 Å². The number of ether oxygens (including phenoxy) is 3. The maximum absolute atomic E-state index is 11.6. The van der Waals surface area contributed by atoms with Crippen molar-refractivity contribution in [3.63, 3.8) is 0 Å². The van der Waals surface area contributed by atoms with Crippen molar-refractivity contribution >= 4 is 12.0 Å². The lowest BCUT2D eigenvalue weighted by molar-refractivity contribution is -0.141. The van der Waals surface area contributed by atoms with E-state index in [1.807, 2.05) is 39.0 Å². The van der Waals surface area contributed by atoms with Crippen LogP contribution in [0.2, 0.25) is 0 Å². The van der Waals surface area contributed by atoms with Crippen molar-refractivity contribution in [1.82, 2.24) is 0 Å². The zero-order valence-electron chi connectivity index (χ0n) is 13.9. The Morgan fingerprint density at radius 3 is 2.45 bits per heavy atom. The van der Waals surface area contributed by atoms with Gasteiger partial charge in [0.15, 0.2) is 0 Å². The highest BCUT2D eigenvalue weighted by Gasteiger charge is 2.06. The Morgan fingerprint density at radius 2 is 1.82 bits per heavy atom. The summed E-state index contributed by atoms with van der Waals surface area (Å²) in [7, 11) is 0. The first kappa shape index (κ1) is 18.1. The lowest BCUT2D eigenvalue weighted by Crippen LogP contribution is -2.08. The average Bonchev–Trinajstić information content (AvgIpc) is 2.49. The van der Waals surface area contributed by atoms with E-state index in [1.165, 1.54) is 6.08 Å². The quantitative estimate of drug-likeness (QED) is 0.506. The van der Waals surface area contributed by atoms with Crippen LogP contribution in [0.25, 0.3) is 6.08 Å². The lowest BCUT2D eigenvalue weighted by atomic mass is 10.1. The molecule has 4 nitrogen and oxygen atoms in total. The molecule has 0 saturated carbocycles. The molecule has 0 aliphatic rings. The highest BCUT2D eigenvalue weighted by atomic mass is 16.5. The van der Waals surface area contributed by atoms with Crippen LogP contribution in [0, 0.1) is 0 Å². The van der Waals surface area contributed by atoms with E-state index in [2.05, 4.69) is 6.92 Å². The number of benzene rings is 1. The fourth-order valence-electron chi connectivity index (χ4n) is 1.74. The van der Waals surface area contributed by atoms with E-state index in [4.69, 9.17) is 14.2 Å². The molecule has 0 aliphatic heterocycles. The predicted molar refractivity (Wildman–Crippen MR) is 88.3 cm³/mol. The highest BCUT2D eigenvalue weighted by Crippen LogP contribution is 2.26. The Balaban J connectivity index is 2.89. The minimum absolute atomic E-state index is 0.132. The van der Waals surface area contributed by atoms with Crippen LogP contribution in [0.3, 0.4) is 0 Å². The van der Waals surface area contributed by atoms with Gasteiger partial charge < -0.3 is 14.2 Å². The van der Waals surface area contributed by atoms with E-state index in [0.717, 1.165) is 29.9 Å². The van der Waals surface area contributed by atoms with Gasteiger partial charge >= 0.3 is 5.97 Å². The molecule has 0 saturated heterocycles. The van der Waals surface area contributed by atoms with Crippen molar-refractivity contribution in [2.75, 3.05) is 13.2 Å². The molecule has 0 aromatic heterocycles. The fraction of sp³-hybridized carbons (Fsp3) is 0.500. The van der Waals surface area contributed by atoms with E-state index < -0.39 is 0 Å². The molecule has 1 aromatic carbocycles. The molecule has 0 atom stereocenters. The molecular weight excluding hydrogens is 280 g/mol. The van der Waals surface area contributed by atoms with E-state index in [-0.39, 0.29) is 12.1 Å². The van der Waals surface area contributed by atoms with Crippen LogP contribution in [0.4, 0.5) is 0 Å². The fourth-order valence-corrected chi connectivity index (χ4v) is 1.74. The maximum Gasteiger partial charge on any atom is 0.331 e. The normalized spacial score (nSPS) is 11.0. The van der Waals surface area contributed by atoms with Gasteiger partial charge in [-0.15, -0.1) is 0 Å². The summed E-state index contributed by atoms with van der Waals surface area (Å²) in [4.78, 5) is 11.6. The van der Waals surface area contributed by atoms with Gasteiger partial charge in [-0.05, 0) is 51.0 Å². The van der Waals surface area contributed by atoms with Gasteiger partial charge in [-0.2, -0.15) is 0 Å². The van der Waals surface area contributed by atoms with Gasteiger partial charge in [0.05, 0.1) is 19.3 Å². The molecule has 122 valence electrons. The Bertz CT molecular complexity index is 492. The van der Waals surface area contributed by atoms with Crippen LogP contribution in [0.15, 0.2) is 24.3 Å². The van der Waals surface area contributed by atoms with Crippen LogP contribution in [0.5, 0.6) is 11.5 Å². The average molecular weight is 306 g/mol. The molecule has 0 radical (unpaired) electrons. The van der Waals surface area contributed by atoms with Gasteiger partial charge in [-0.3, -0.25) is 0 Å². The first-order valence-electron chi connectivity index (χ1n) is 7.85. The summed E-state index contributed by atoms with van der Waals surface area (Å²) in [5.41, 5.74) is 0.808. The summed E-state index contributed by atoms with van der Waals surface area (Å²) in [5.74, 6) is 1.14. The molecule has 0 amide bonds. The van der Waals surface area contributed by atoms with Crippen molar-refractivity contribution in [1.29, 1.82) is 0 Å². The van der Waals surface area contributed by atoms with Gasteiger partial charge in [0.1, 0.15) is 11.5 Å². The zero-order chi connectivity index (χ0) is 16.4. The second-order valence-electron chi connectivity index (χ2n) is 5.22. The Labute approximate surface area is 133 Å². The van der Waals surface area contributed by atoms with Gasteiger partial charge in [0.2, 0.25) is 0 Å². The monoisotopic (exact) mass is 306 g/mol. The van der Waals surface area contributed by atoms with E-state index in [1.54, 1.807) is 6.08 Å². The van der Waals surface area contributed by atoms with Gasteiger partial charge in [-0.25, -0.2) is 4.79 Å². The smallest absolute Gasteiger partial charge is 0.331 e. The summed E-state index contributed by atoms with van der Waals surface area (Å²) in [6.45, 7) is 9.04. The Kier molecular flexibility index (Phi) is 8.11.